The lowest BCUT2D eigenvalue weighted by molar-refractivity contribution is -0.253. The van der Waals surface area contributed by atoms with Crippen LogP contribution in [0.3, 0.4) is 0 Å². The quantitative estimate of drug-likeness (QED) is 0.0550. The van der Waals surface area contributed by atoms with E-state index in [0.29, 0.717) is 32.4 Å². The average Bonchev–Trinajstić information content (AvgIpc) is 3.63. The van der Waals surface area contributed by atoms with E-state index in [1.165, 1.54) is 0 Å². The van der Waals surface area contributed by atoms with Crippen molar-refractivity contribution >= 4 is 17.8 Å². The molecular weight excluding hydrogens is 674 g/mol. The van der Waals surface area contributed by atoms with Crippen molar-refractivity contribution in [3.05, 3.63) is 95.1 Å². The van der Waals surface area contributed by atoms with Gasteiger partial charge in [-0.3, -0.25) is 24.5 Å². The van der Waals surface area contributed by atoms with Crippen LogP contribution < -0.4 is 10.8 Å². The number of rotatable bonds is 16. The maximum Gasteiger partial charge on any atom is 0.323 e. The van der Waals surface area contributed by atoms with E-state index in [1.807, 2.05) is 75.4 Å². The van der Waals surface area contributed by atoms with E-state index in [0.717, 1.165) is 72.0 Å². The maximum absolute atomic E-state index is 13.1. The van der Waals surface area contributed by atoms with Gasteiger partial charge in [-0.15, -0.1) is 0 Å². The molecule has 3 aromatic rings. The molecule has 4 atom stereocenters. The Morgan fingerprint density at radius 2 is 1.55 bits per heavy atom. The molecule has 2 saturated heterocycles. The van der Waals surface area contributed by atoms with Gasteiger partial charge in [0.25, 0.3) is 0 Å². The number of nitrogens with zero attached hydrogens (tertiary/aromatic N) is 1. The summed E-state index contributed by atoms with van der Waals surface area (Å²) in [4.78, 5) is 38.8. The molecule has 2 fully saturated rings. The Hall–Kier alpha value is -4.13. The first-order valence-electron chi connectivity index (χ1n) is 18.9. The van der Waals surface area contributed by atoms with Crippen LogP contribution in [0, 0.1) is 0 Å². The number of hydroxylamine groups is 1. The molecule has 11 heteroatoms. The van der Waals surface area contributed by atoms with Crippen molar-refractivity contribution in [3.8, 4) is 11.1 Å². The Balaban J connectivity index is 1.21. The number of aliphatic hydroxyl groups is 1. The molecule has 11 nitrogen and oxygen atoms in total. The molecule has 2 amide bonds. The van der Waals surface area contributed by atoms with Crippen molar-refractivity contribution in [3.63, 3.8) is 0 Å². The summed E-state index contributed by atoms with van der Waals surface area (Å²) >= 11 is 0. The third-order valence-corrected chi connectivity index (χ3v) is 9.71. The van der Waals surface area contributed by atoms with Crippen LogP contribution in [0.5, 0.6) is 0 Å². The fourth-order valence-corrected chi connectivity index (χ4v) is 6.94. The van der Waals surface area contributed by atoms with Crippen LogP contribution in [0.1, 0.15) is 113 Å². The fraction of sp³-hybridized carbons (Fsp3) is 0.500. The van der Waals surface area contributed by atoms with Crippen LogP contribution in [-0.4, -0.2) is 63.8 Å². The minimum atomic E-state index is -0.616. The SMILES string of the molecule is CC(C)(C)OC(=O)[C@@H]1CCCN1C[C@H]1C[C@@H](c2ccc(CO)cc2)O[C@@H](c2ccc(-c3cccc(CNC(=O)CCCCCCC(=O)NO)c3)cc2)O1. The van der Waals surface area contributed by atoms with Crippen molar-refractivity contribution in [2.75, 3.05) is 13.1 Å². The predicted octanol–water partition coefficient (Wildman–Crippen LogP) is 6.66. The first kappa shape index (κ1) is 40.1. The largest absolute Gasteiger partial charge is 0.459 e. The second-order valence-electron chi connectivity index (χ2n) is 15.1. The van der Waals surface area contributed by atoms with Crippen LogP contribution in [0.15, 0.2) is 72.8 Å². The molecular formula is C42H55N3O8. The molecule has 0 saturated carbocycles. The van der Waals surface area contributed by atoms with Gasteiger partial charge in [0.2, 0.25) is 11.8 Å². The van der Waals surface area contributed by atoms with Gasteiger partial charge in [0.05, 0.1) is 18.8 Å². The monoisotopic (exact) mass is 729 g/mol. The van der Waals surface area contributed by atoms with E-state index in [-0.39, 0.29) is 49.1 Å². The van der Waals surface area contributed by atoms with Gasteiger partial charge in [-0.1, -0.05) is 79.6 Å². The number of carbonyl (C=O) groups excluding carboxylic acids is 3. The zero-order valence-corrected chi connectivity index (χ0v) is 31.2. The van der Waals surface area contributed by atoms with Crippen molar-refractivity contribution in [1.82, 2.24) is 15.7 Å². The Kier molecular flexibility index (Phi) is 14.6. The van der Waals surface area contributed by atoms with Gasteiger partial charge >= 0.3 is 5.97 Å². The molecule has 0 unspecified atom stereocenters. The van der Waals surface area contributed by atoms with Gasteiger partial charge in [0, 0.05) is 37.9 Å². The summed E-state index contributed by atoms with van der Waals surface area (Å²) in [7, 11) is 0. The summed E-state index contributed by atoms with van der Waals surface area (Å²) in [6.45, 7) is 7.47. The molecule has 2 heterocycles. The van der Waals surface area contributed by atoms with E-state index in [2.05, 4.69) is 28.4 Å². The number of nitrogens with one attached hydrogen (secondary N) is 2. The second kappa shape index (κ2) is 19.3. The number of hydrogen-bond acceptors (Lipinski definition) is 9. The molecule has 286 valence electrons. The molecule has 4 N–H and O–H groups in total. The van der Waals surface area contributed by atoms with E-state index < -0.39 is 11.9 Å². The number of unbranched alkanes of at least 4 members (excludes halogenated alkanes) is 3. The summed E-state index contributed by atoms with van der Waals surface area (Å²) in [5.74, 6) is -0.582. The first-order valence-corrected chi connectivity index (χ1v) is 18.9. The van der Waals surface area contributed by atoms with Crippen LogP contribution in [0.25, 0.3) is 11.1 Å². The van der Waals surface area contributed by atoms with Crippen molar-refractivity contribution in [1.29, 1.82) is 0 Å². The summed E-state index contributed by atoms with van der Waals surface area (Å²) in [6.07, 6.45) is 5.08. The number of esters is 1. The summed E-state index contributed by atoms with van der Waals surface area (Å²) < 4.78 is 19.0. The van der Waals surface area contributed by atoms with Gasteiger partial charge in [0.15, 0.2) is 6.29 Å². The molecule has 0 aliphatic carbocycles. The molecule has 53 heavy (non-hydrogen) atoms. The van der Waals surface area contributed by atoms with E-state index in [4.69, 9.17) is 19.4 Å². The highest BCUT2D eigenvalue weighted by Gasteiger charge is 2.39. The molecule has 2 aliphatic heterocycles. The van der Waals surface area contributed by atoms with Crippen molar-refractivity contribution < 1.29 is 38.9 Å². The minimum absolute atomic E-state index is 0.00798. The van der Waals surface area contributed by atoms with Gasteiger partial charge in [-0.25, -0.2) is 5.48 Å². The molecule has 0 radical (unpaired) electrons. The molecule has 5 rings (SSSR count). The van der Waals surface area contributed by atoms with Gasteiger partial charge in [-0.05, 0) is 86.9 Å². The molecule has 0 aromatic heterocycles. The van der Waals surface area contributed by atoms with E-state index in [1.54, 1.807) is 5.48 Å². The zero-order chi connectivity index (χ0) is 37.8. The molecule has 2 aliphatic rings. The highest BCUT2D eigenvalue weighted by Crippen LogP contribution is 2.39. The Bertz CT molecular complexity index is 1640. The number of amides is 2. The fourth-order valence-electron chi connectivity index (χ4n) is 6.94. The number of carbonyl (C=O) groups is 3. The van der Waals surface area contributed by atoms with Gasteiger partial charge < -0.3 is 24.6 Å². The second-order valence-corrected chi connectivity index (χ2v) is 15.1. The summed E-state index contributed by atoms with van der Waals surface area (Å²) in [6, 6.07) is 23.8. The number of ether oxygens (including phenoxy) is 3. The molecule has 0 bridgehead atoms. The number of likely N-dealkylation sites (tertiary alicyclic amines) is 1. The van der Waals surface area contributed by atoms with Crippen molar-refractivity contribution in [2.24, 2.45) is 0 Å². The topological polar surface area (TPSA) is 147 Å². The van der Waals surface area contributed by atoms with Crippen LogP contribution in [0.2, 0.25) is 0 Å². The van der Waals surface area contributed by atoms with Gasteiger partial charge in [0.1, 0.15) is 11.6 Å². The van der Waals surface area contributed by atoms with Crippen LogP contribution >= 0.6 is 0 Å². The zero-order valence-electron chi connectivity index (χ0n) is 31.2. The lowest BCUT2D eigenvalue weighted by Crippen LogP contribution is -2.45. The number of benzene rings is 3. The predicted molar refractivity (Wildman–Crippen MR) is 200 cm³/mol. The minimum Gasteiger partial charge on any atom is -0.459 e. The Morgan fingerprint density at radius 3 is 2.23 bits per heavy atom. The highest BCUT2D eigenvalue weighted by molar-refractivity contribution is 5.77. The normalized spacial score (nSPS) is 20.5. The van der Waals surface area contributed by atoms with E-state index >= 15 is 0 Å². The molecule has 0 spiro atoms. The average molecular weight is 730 g/mol. The lowest BCUT2D eigenvalue weighted by Gasteiger charge is -2.38. The van der Waals surface area contributed by atoms with Crippen molar-refractivity contribution in [2.45, 2.75) is 122 Å². The van der Waals surface area contributed by atoms with Crippen LogP contribution in [0.4, 0.5) is 0 Å². The lowest BCUT2D eigenvalue weighted by atomic mass is 9.98. The third kappa shape index (κ3) is 12.2. The van der Waals surface area contributed by atoms with Crippen LogP contribution in [-0.2, 0) is 41.7 Å². The smallest absolute Gasteiger partial charge is 0.323 e. The third-order valence-electron chi connectivity index (χ3n) is 9.71. The summed E-state index contributed by atoms with van der Waals surface area (Å²) in [5, 5.41) is 21.2. The number of hydrogen-bond donors (Lipinski definition) is 4. The number of aliphatic hydroxyl groups excluding tert-OH is 1. The molecule has 3 aromatic carbocycles. The standard InChI is InChI=1S/C42H55N3O8/c1-42(2,3)53-40(49)36-12-9-23-45(36)27-35-25-37(32-17-15-29(28-46)16-18-32)52-41(51-35)33-21-19-31(20-22-33)34-11-8-10-30(24-34)26-43-38(47)13-6-4-5-7-14-39(48)44-50/h8,10-11,15-22,24,35-37,41,46,50H,4-7,9,12-14,23,25-28H2,1-3H3,(H,43,47)(H,44,48)/t35-,36+,37+,41+/m1/s1. The van der Waals surface area contributed by atoms with E-state index in [9.17, 15) is 19.5 Å². The Labute approximate surface area is 313 Å². The highest BCUT2D eigenvalue weighted by atomic mass is 16.7. The van der Waals surface area contributed by atoms with Gasteiger partial charge in [-0.2, -0.15) is 0 Å². The Morgan fingerprint density at radius 1 is 0.849 bits per heavy atom. The summed E-state index contributed by atoms with van der Waals surface area (Å²) in [5.41, 5.74) is 6.88. The maximum atomic E-state index is 13.1. The first-order chi connectivity index (χ1) is 25.5.